The molecule has 92 valence electrons. The number of benzene rings is 2. The minimum absolute atomic E-state index is 0.524. The molecule has 0 amide bonds. The minimum atomic E-state index is 0.524. The van der Waals surface area contributed by atoms with E-state index in [-0.39, 0.29) is 0 Å². The van der Waals surface area contributed by atoms with Crippen LogP contribution in [0.15, 0.2) is 42.5 Å². The van der Waals surface area contributed by atoms with Gasteiger partial charge in [-0.2, -0.15) is 5.26 Å². The second-order valence-electron chi connectivity index (χ2n) is 3.98. The molecule has 0 radical (unpaired) electrons. The number of nitriles is 1. The van der Waals surface area contributed by atoms with E-state index in [0.29, 0.717) is 17.0 Å². The van der Waals surface area contributed by atoms with Crippen LogP contribution in [0.5, 0.6) is 5.75 Å². The van der Waals surface area contributed by atoms with Gasteiger partial charge in [0, 0.05) is 6.07 Å². The highest BCUT2D eigenvalue weighted by Crippen LogP contribution is 2.23. The summed E-state index contributed by atoms with van der Waals surface area (Å²) in [6, 6.07) is 15.0. The van der Waals surface area contributed by atoms with Crippen LogP contribution in [0, 0.1) is 11.3 Å². The Morgan fingerprint density at radius 2 is 2.05 bits per heavy atom. The molecule has 19 heavy (non-hydrogen) atoms. The molecule has 1 heterocycles. The minimum Gasteiger partial charge on any atom is -0.497 e. The van der Waals surface area contributed by atoms with Crippen molar-refractivity contribution in [2.75, 3.05) is 7.11 Å². The van der Waals surface area contributed by atoms with Gasteiger partial charge in [0.05, 0.1) is 23.9 Å². The smallest absolute Gasteiger partial charge is 0.121 e. The lowest BCUT2D eigenvalue weighted by atomic mass is 10.2. The standard InChI is InChI=1S/C14H10N4O/c1-19-11-7-6-10(9-15)14(8-11)18-13-5-3-2-4-12(13)16-17-18/h2-8H,1H3. The van der Waals surface area contributed by atoms with Gasteiger partial charge in [0.2, 0.25) is 0 Å². The Morgan fingerprint density at radius 3 is 2.84 bits per heavy atom. The van der Waals surface area contributed by atoms with Crippen molar-refractivity contribution in [1.82, 2.24) is 15.0 Å². The van der Waals surface area contributed by atoms with Crippen molar-refractivity contribution in [3.8, 4) is 17.5 Å². The highest BCUT2D eigenvalue weighted by atomic mass is 16.5. The largest absolute Gasteiger partial charge is 0.497 e. The number of nitrogens with zero attached hydrogens (tertiary/aromatic N) is 4. The summed E-state index contributed by atoms with van der Waals surface area (Å²) < 4.78 is 6.84. The Morgan fingerprint density at radius 1 is 1.21 bits per heavy atom. The number of para-hydroxylation sites is 1. The maximum atomic E-state index is 9.20. The topological polar surface area (TPSA) is 63.7 Å². The van der Waals surface area contributed by atoms with Crippen LogP contribution in [-0.4, -0.2) is 22.1 Å². The predicted octanol–water partition coefficient (Wildman–Crippen LogP) is 2.30. The summed E-state index contributed by atoms with van der Waals surface area (Å²) in [5.41, 5.74) is 2.83. The first-order valence-corrected chi connectivity index (χ1v) is 5.72. The Labute approximate surface area is 109 Å². The molecule has 0 bridgehead atoms. The van der Waals surface area contributed by atoms with Gasteiger partial charge >= 0.3 is 0 Å². The number of methoxy groups -OCH3 is 1. The molecule has 0 saturated carbocycles. The quantitative estimate of drug-likeness (QED) is 0.700. The van der Waals surface area contributed by atoms with Gasteiger partial charge in [0.15, 0.2) is 0 Å². The SMILES string of the molecule is COc1ccc(C#N)c(-n2nnc3ccccc32)c1. The molecule has 3 rings (SSSR count). The van der Waals surface area contributed by atoms with E-state index in [1.165, 1.54) is 0 Å². The van der Waals surface area contributed by atoms with Crippen molar-refractivity contribution >= 4 is 11.0 Å². The third-order valence-electron chi connectivity index (χ3n) is 2.91. The summed E-state index contributed by atoms with van der Waals surface area (Å²) in [6.07, 6.45) is 0. The average Bonchev–Trinajstić information content (AvgIpc) is 2.90. The molecule has 5 heteroatoms. The van der Waals surface area contributed by atoms with E-state index >= 15 is 0 Å². The number of rotatable bonds is 2. The van der Waals surface area contributed by atoms with E-state index in [1.807, 2.05) is 24.3 Å². The zero-order valence-corrected chi connectivity index (χ0v) is 10.2. The van der Waals surface area contributed by atoms with E-state index in [9.17, 15) is 5.26 Å². The number of hydrogen-bond acceptors (Lipinski definition) is 4. The molecule has 0 atom stereocenters. The highest BCUT2D eigenvalue weighted by molar-refractivity contribution is 5.76. The van der Waals surface area contributed by atoms with Crippen molar-refractivity contribution in [1.29, 1.82) is 5.26 Å². The molecule has 3 aromatic rings. The lowest BCUT2D eigenvalue weighted by Gasteiger charge is -2.07. The fraction of sp³-hybridized carbons (Fsp3) is 0.0714. The first-order chi connectivity index (χ1) is 9.33. The summed E-state index contributed by atoms with van der Waals surface area (Å²) in [7, 11) is 1.59. The molecule has 1 aromatic heterocycles. The predicted molar refractivity (Wildman–Crippen MR) is 70.1 cm³/mol. The van der Waals surface area contributed by atoms with Gasteiger partial charge in [-0.05, 0) is 24.3 Å². The monoisotopic (exact) mass is 250 g/mol. The zero-order chi connectivity index (χ0) is 13.2. The maximum Gasteiger partial charge on any atom is 0.121 e. The molecule has 0 unspecified atom stereocenters. The van der Waals surface area contributed by atoms with Gasteiger partial charge in [-0.25, -0.2) is 4.68 Å². The number of aromatic nitrogens is 3. The van der Waals surface area contributed by atoms with Crippen molar-refractivity contribution in [2.24, 2.45) is 0 Å². The van der Waals surface area contributed by atoms with E-state index in [0.717, 1.165) is 11.0 Å². The Bertz CT molecular complexity index is 785. The Balaban J connectivity index is 2.29. The Hall–Kier alpha value is -2.87. The van der Waals surface area contributed by atoms with Crippen LogP contribution in [0.25, 0.3) is 16.7 Å². The number of hydrogen-bond donors (Lipinski definition) is 0. The van der Waals surface area contributed by atoms with E-state index in [1.54, 1.807) is 30.0 Å². The van der Waals surface area contributed by atoms with E-state index in [2.05, 4.69) is 16.4 Å². The molecule has 0 spiro atoms. The first kappa shape index (κ1) is 11.2. The summed E-state index contributed by atoms with van der Waals surface area (Å²) in [6.45, 7) is 0. The van der Waals surface area contributed by atoms with Crippen LogP contribution in [0.1, 0.15) is 5.56 Å². The van der Waals surface area contributed by atoms with E-state index in [4.69, 9.17) is 4.74 Å². The van der Waals surface area contributed by atoms with Crippen molar-refractivity contribution in [3.05, 3.63) is 48.0 Å². The molecule has 0 aliphatic rings. The lowest BCUT2D eigenvalue weighted by molar-refractivity contribution is 0.414. The van der Waals surface area contributed by atoms with Crippen LogP contribution in [0.4, 0.5) is 0 Å². The maximum absolute atomic E-state index is 9.20. The van der Waals surface area contributed by atoms with Gasteiger partial charge in [0.25, 0.3) is 0 Å². The summed E-state index contributed by atoms with van der Waals surface area (Å²) >= 11 is 0. The molecule has 0 saturated heterocycles. The molecule has 2 aromatic carbocycles. The molecular formula is C14H10N4O. The third kappa shape index (κ3) is 1.79. The van der Waals surface area contributed by atoms with Crippen molar-refractivity contribution < 1.29 is 4.74 Å². The third-order valence-corrected chi connectivity index (χ3v) is 2.91. The molecule has 0 aliphatic heterocycles. The molecule has 0 aliphatic carbocycles. The van der Waals surface area contributed by atoms with Crippen LogP contribution in [0.2, 0.25) is 0 Å². The molecular weight excluding hydrogens is 240 g/mol. The average molecular weight is 250 g/mol. The van der Waals surface area contributed by atoms with Gasteiger partial charge in [-0.15, -0.1) is 5.10 Å². The summed E-state index contributed by atoms with van der Waals surface area (Å²) in [4.78, 5) is 0. The highest BCUT2D eigenvalue weighted by Gasteiger charge is 2.11. The van der Waals surface area contributed by atoms with Crippen molar-refractivity contribution in [3.63, 3.8) is 0 Å². The van der Waals surface area contributed by atoms with Crippen LogP contribution < -0.4 is 4.74 Å². The summed E-state index contributed by atoms with van der Waals surface area (Å²) in [5, 5.41) is 17.4. The molecule has 5 nitrogen and oxygen atoms in total. The van der Waals surface area contributed by atoms with Crippen molar-refractivity contribution in [2.45, 2.75) is 0 Å². The Kier molecular flexibility index (Phi) is 2.62. The van der Waals surface area contributed by atoms with Gasteiger partial charge < -0.3 is 4.74 Å². The van der Waals surface area contributed by atoms with Gasteiger partial charge in [-0.3, -0.25) is 0 Å². The fourth-order valence-electron chi connectivity index (χ4n) is 1.96. The zero-order valence-electron chi connectivity index (χ0n) is 10.2. The van der Waals surface area contributed by atoms with Crippen LogP contribution in [0.3, 0.4) is 0 Å². The fourth-order valence-corrected chi connectivity index (χ4v) is 1.96. The van der Waals surface area contributed by atoms with Gasteiger partial charge in [-0.1, -0.05) is 17.3 Å². The number of ether oxygens (including phenoxy) is 1. The van der Waals surface area contributed by atoms with Crippen LogP contribution in [-0.2, 0) is 0 Å². The lowest BCUT2D eigenvalue weighted by Crippen LogP contribution is -2.00. The summed E-state index contributed by atoms with van der Waals surface area (Å²) in [5.74, 6) is 0.675. The van der Waals surface area contributed by atoms with Gasteiger partial charge in [0.1, 0.15) is 17.3 Å². The normalized spacial score (nSPS) is 10.3. The van der Waals surface area contributed by atoms with Crippen LogP contribution >= 0.6 is 0 Å². The second kappa shape index (κ2) is 4.42. The molecule has 0 fully saturated rings. The molecule has 0 N–H and O–H groups in total. The first-order valence-electron chi connectivity index (χ1n) is 5.72. The second-order valence-corrected chi connectivity index (χ2v) is 3.98. The van der Waals surface area contributed by atoms with E-state index < -0.39 is 0 Å². The number of fused-ring (bicyclic) bond motifs is 1.